The van der Waals surface area contributed by atoms with E-state index in [1.54, 1.807) is 28.8 Å². The number of nitrogens with zero attached hydrogens (tertiary/aromatic N) is 1. The van der Waals surface area contributed by atoms with Crippen LogP contribution in [0, 0.1) is 11.6 Å². The number of aromatic nitrogens is 1. The van der Waals surface area contributed by atoms with E-state index in [-0.39, 0.29) is 55.2 Å². The SMILES string of the molecule is Cl.Cl.O=C(NCc1ccc(F)c(-c2ccncc2)c1)C(F)(F)F.O=C(NCc1ccc(F)c(C2CCNCC2)c1)C(F)(F)F. The number of nitrogens with one attached hydrogen (secondary N) is 3. The van der Waals surface area contributed by atoms with Crippen LogP contribution in [0.5, 0.6) is 0 Å². The number of carbonyl (C=O) groups is 2. The van der Waals surface area contributed by atoms with Crippen LogP contribution in [-0.2, 0) is 22.7 Å². The Morgan fingerprint density at radius 3 is 1.73 bits per heavy atom. The molecule has 4 rings (SSSR count). The van der Waals surface area contributed by atoms with Gasteiger partial charge in [0.1, 0.15) is 11.6 Å². The highest BCUT2D eigenvalue weighted by molar-refractivity contribution is 5.85. The van der Waals surface area contributed by atoms with Gasteiger partial charge in [0.05, 0.1) is 0 Å². The lowest BCUT2D eigenvalue weighted by molar-refractivity contribution is -0.173. The Labute approximate surface area is 259 Å². The molecular formula is C28H28Cl2F8N4O2. The van der Waals surface area contributed by atoms with Crippen LogP contribution in [0.3, 0.4) is 0 Å². The maximum atomic E-state index is 13.9. The third kappa shape index (κ3) is 11.5. The van der Waals surface area contributed by atoms with Crippen molar-refractivity contribution in [2.75, 3.05) is 13.1 Å². The normalized spacial score (nSPS) is 13.4. The van der Waals surface area contributed by atoms with Crippen LogP contribution >= 0.6 is 24.8 Å². The molecule has 0 atom stereocenters. The first-order chi connectivity index (χ1) is 19.8. The number of rotatable bonds is 6. The average Bonchev–Trinajstić information content (AvgIpc) is 2.96. The third-order valence-corrected chi connectivity index (χ3v) is 6.28. The summed E-state index contributed by atoms with van der Waals surface area (Å²) in [4.78, 5) is 25.3. The minimum atomic E-state index is -4.94. The number of halogens is 10. The van der Waals surface area contributed by atoms with Gasteiger partial charge in [-0.1, -0.05) is 18.2 Å². The predicted molar refractivity (Wildman–Crippen MR) is 151 cm³/mol. The number of hydrogen-bond donors (Lipinski definition) is 3. The van der Waals surface area contributed by atoms with Crippen molar-refractivity contribution < 1.29 is 44.7 Å². The number of pyridine rings is 1. The van der Waals surface area contributed by atoms with Crippen molar-refractivity contribution in [1.82, 2.24) is 20.9 Å². The molecule has 2 amide bonds. The number of hydrogen-bond acceptors (Lipinski definition) is 4. The van der Waals surface area contributed by atoms with Crippen LogP contribution in [-0.4, -0.2) is 42.2 Å². The Morgan fingerprint density at radius 2 is 1.23 bits per heavy atom. The molecule has 2 aromatic carbocycles. The number of piperidine rings is 1. The van der Waals surface area contributed by atoms with E-state index in [1.165, 1.54) is 36.7 Å². The van der Waals surface area contributed by atoms with Crippen LogP contribution in [0.2, 0.25) is 0 Å². The average molecular weight is 675 g/mol. The molecule has 1 saturated heterocycles. The van der Waals surface area contributed by atoms with E-state index in [0.29, 0.717) is 22.3 Å². The standard InChI is InChI=1S/C14H16F4N2O.C14H10F4N2O.2ClH/c2*15-12-2-1-9(8-20-13(21)14(16,17)18)7-11(12)10-3-5-19-6-4-10;;/h1-2,7,10,19H,3-6,8H2,(H,20,21);1-7H,8H2,(H,20,21);2*1H. The van der Waals surface area contributed by atoms with E-state index in [1.807, 2.05) is 0 Å². The van der Waals surface area contributed by atoms with E-state index in [0.717, 1.165) is 32.0 Å². The van der Waals surface area contributed by atoms with Crippen LogP contribution in [0.1, 0.15) is 35.4 Å². The Bertz CT molecular complexity index is 1370. The molecule has 16 heteroatoms. The summed E-state index contributed by atoms with van der Waals surface area (Å²) in [5.74, 6) is -4.82. The maximum absolute atomic E-state index is 13.9. The molecule has 0 unspecified atom stereocenters. The lowest BCUT2D eigenvalue weighted by Gasteiger charge is -2.24. The van der Waals surface area contributed by atoms with Crippen LogP contribution in [0.4, 0.5) is 35.1 Å². The van der Waals surface area contributed by atoms with Gasteiger partial charge in [-0.3, -0.25) is 14.6 Å². The quantitative estimate of drug-likeness (QED) is 0.265. The Kier molecular flexibility index (Phi) is 15.0. The maximum Gasteiger partial charge on any atom is 0.471 e. The first-order valence-corrected chi connectivity index (χ1v) is 12.6. The number of carbonyl (C=O) groups excluding carboxylic acids is 2. The number of benzene rings is 2. The first-order valence-electron chi connectivity index (χ1n) is 12.6. The second-order valence-corrected chi connectivity index (χ2v) is 9.29. The molecular weight excluding hydrogens is 647 g/mol. The highest BCUT2D eigenvalue weighted by atomic mass is 35.5. The third-order valence-electron chi connectivity index (χ3n) is 6.28. The minimum Gasteiger partial charge on any atom is -0.344 e. The Hall–Kier alpha value is -3.49. The van der Waals surface area contributed by atoms with Crippen molar-refractivity contribution in [2.45, 2.75) is 44.2 Å². The van der Waals surface area contributed by atoms with Gasteiger partial charge in [0, 0.05) is 31.0 Å². The molecule has 44 heavy (non-hydrogen) atoms. The van der Waals surface area contributed by atoms with E-state index >= 15 is 0 Å². The lowest BCUT2D eigenvalue weighted by atomic mass is 9.89. The molecule has 1 aromatic heterocycles. The van der Waals surface area contributed by atoms with Gasteiger partial charge in [-0.2, -0.15) is 26.3 Å². The fourth-order valence-electron chi connectivity index (χ4n) is 4.15. The highest BCUT2D eigenvalue weighted by Crippen LogP contribution is 2.28. The molecule has 3 N–H and O–H groups in total. The fraction of sp³-hybridized carbons (Fsp3) is 0.321. The van der Waals surface area contributed by atoms with Crippen LogP contribution < -0.4 is 16.0 Å². The van der Waals surface area contributed by atoms with E-state index in [4.69, 9.17) is 0 Å². The molecule has 1 aliphatic rings. The summed E-state index contributed by atoms with van der Waals surface area (Å²) in [6, 6.07) is 11.2. The zero-order valence-corrected chi connectivity index (χ0v) is 24.3. The van der Waals surface area contributed by atoms with Crippen molar-refractivity contribution in [3.05, 3.63) is 89.2 Å². The van der Waals surface area contributed by atoms with Crippen molar-refractivity contribution in [3.8, 4) is 11.1 Å². The monoisotopic (exact) mass is 674 g/mol. The predicted octanol–water partition coefficient (Wildman–Crippen LogP) is 6.38. The number of amides is 2. The van der Waals surface area contributed by atoms with Crippen molar-refractivity contribution in [2.24, 2.45) is 0 Å². The summed E-state index contributed by atoms with van der Waals surface area (Å²) in [6.45, 7) is 0.978. The molecule has 2 heterocycles. The summed E-state index contributed by atoms with van der Waals surface area (Å²) in [5, 5.41) is 6.70. The molecule has 1 fully saturated rings. The second-order valence-electron chi connectivity index (χ2n) is 9.29. The summed E-state index contributed by atoms with van der Waals surface area (Å²) < 4.78 is 100. The summed E-state index contributed by atoms with van der Waals surface area (Å²) in [7, 11) is 0. The van der Waals surface area contributed by atoms with E-state index in [9.17, 15) is 44.7 Å². The second kappa shape index (κ2) is 17.1. The van der Waals surface area contributed by atoms with Gasteiger partial charge >= 0.3 is 24.2 Å². The van der Waals surface area contributed by atoms with Crippen LogP contribution in [0.15, 0.2) is 60.9 Å². The van der Waals surface area contributed by atoms with Gasteiger partial charge in [0.2, 0.25) is 0 Å². The molecule has 0 radical (unpaired) electrons. The van der Waals surface area contributed by atoms with Gasteiger partial charge in [-0.25, -0.2) is 8.78 Å². The summed E-state index contributed by atoms with van der Waals surface area (Å²) >= 11 is 0. The minimum absolute atomic E-state index is 0. The van der Waals surface area contributed by atoms with Gasteiger partial charge in [-0.15, -0.1) is 24.8 Å². The molecule has 0 bridgehead atoms. The van der Waals surface area contributed by atoms with Gasteiger partial charge in [-0.05, 0) is 84.4 Å². The number of alkyl halides is 6. The Balaban J connectivity index is 0.000000421. The molecule has 3 aromatic rings. The smallest absolute Gasteiger partial charge is 0.344 e. The Morgan fingerprint density at radius 1 is 0.750 bits per heavy atom. The lowest BCUT2D eigenvalue weighted by Crippen LogP contribution is -2.36. The zero-order chi connectivity index (χ0) is 30.9. The van der Waals surface area contributed by atoms with Crippen molar-refractivity contribution in [1.29, 1.82) is 0 Å². The molecule has 0 aliphatic carbocycles. The van der Waals surface area contributed by atoms with Gasteiger partial charge < -0.3 is 16.0 Å². The topological polar surface area (TPSA) is 83.1 Å². The van der Waals surface area contributed by atoms with Gasteiger partial charge in [0.15, 0.2) is 0 Å². The first kappa shape index (κ1) is 38.5. The fourth-order valence-corrected chi connectivity index (χ4v) is 4.15. The van der Waals surface area contributed by atoms with Crippen molar-refractivity contribution >= 4 is 36.6 Å². The molecule has 0 saturated carbocycles. The molecule has 1 aliphatic heterocycles. The molecule has 0 spiro atoms. The van der Waals surface area contributed by atoms with E-state index in [2.05, 4.69) is 10.3 Å². The molecule has 6 nitrogen and oxygen atoms in total. The summed E-state index contributed by atoms with van der Waals surface area (Å²) in [6.07, 6.45) is -5.31. The molecule has 242 valence electrons. The largest absolute Gasteiger partial charge is 0.471 e. The zero-order valence-electron chi connectivity index (χ0n) is 22.7. The van der Waals surface area contributed by atoms with Crippen molar-refractivity contribution in [3.63, 3.8) is 0 Å². The van der Waals surface area contributed by atoms with Crippen LogP contribution in [0.25, 0.3) is 11.1 Å². The van der Waals surface area contributed by atoms with E-state index < -0.39 is 30.0 Å². The summed E-state index contributed by atoms with van der Waals surface area (Å²) in [5.41, 5.74) is 2.11. The highest BCUT2D eigenvalue weighted by Gasteiger charge is 2.39. The van der Waals surface area contributed by atoms with Gasteiger partial charge in [0.25, 0.3) is 0 Å².